The van der Waals surface area contributed by atoms with Crippen molar-refractivity contribution in [1.82, 2.24) is 0 Å². The Bertz CT molecular complexity index is 443. The van der Waals surface area contributed by atoms with E-state index in [9.17, 15) is 13.6 Å². The van der Waals surface area contributed by atoms with Crippen LogP contribution < -0.4 is 10.2 Å². The molecule has 1 fully saturated rings. The van der Waals surface area contributed by atoms with Crippen LogP contribution in [-0.4, -0.2) is 25.5 Å². The highest BCUT2D eigenvalue weighted by Gasteiger charge is 2.17. The number of hydrogen-bond acceptors (Lipinski definition) is 1. The van der Waals surface area contributed by atoms with Gasteiger partial charge in [-0.05, 0) is 37.8 Å². The molecule has 0 bridgehead atoms. The molecule has 2 rings (SSSR count). The van der Waals surface area contributed by atoms with Gasteiger partial charge in [-0.15, -0.1) is 0 Å². The van der Waals surface area contributed by atoms with E-state index in [2.05, 4.69) is 5.32 Å². The van der Waals surface area contributed by atoms with E-state index in [1.807, 2.05) is 0 Å². The molecule has 1 aliphatic rings. The summed E-state index contributed by atoms with van der Waals surface area (Å²) in [6, 6.07) is 3.16. The normalized spacial score (nSPS) is 16.9. The number of halogens is 2. The van der Waals surface area contributed by atoms with Gasteiger partial charge in [0.05, 0.1) is 18.8 Å². The largest absolute Gasteiger partial charge is 0.327 e. The highest BCUT2D eigenvalue weighted by Crippen LogP contribution is 2.14. The summed E-state index contributed by atoms with van der Waals surface area (Å²) < 4.78 is 26.1. The molecule has 0 aliphatic carbocycles. The predicted octanol–water partition coefficient (Wildman–Crippen LogP) is 1.36. The van der Waals surface area contributed by atoms with Crippen molar-refractivity contribution < 1.29 is 18.5 Å². The van der Waals surface area contributed by atoms with E-state index >= 15 is 0 Å². The quantitative estimate of drug-likeness (QED) is 0.853. The number of anilines is 1. The van der Waals surface area contributed by atoms with Crippen LogP contribution in [0.15, 0.2) is 18.2 Å². The first-order chi connectivity index (χ1) is 9.15. The topological polar surface area (TPSA) is 33.5 Å². The molecule has 19 heavy (non-hydrogen) atoms. The van der Waals surface area contributed by atoms with E-state index in [-0.39, 0.29) is 11.6 Å². The Morgan fingerprint density at radius 2 is 1.84 bits per heavy atom. The third-order valence-electron chi connectivity index (χ3n) is 3.43. The van der Waals surface area contributed by atoms with Crippen LogP contribution in [0.5, 0.6) is 0 Å². The summed E-state index contributed by atoms with van der Waals surface area (Å²) in [7, 11) is 0. The van der Waals surface area contributed by atoms with Gasteiger partial charge in [-0.2, -0.15) is 0 Å². The summed E-state index contributed by atoms with van der Waals surface area (Å²) in [5.74, 6) is -1.60. The van der Waals surface area contributed by atoms with Gasteiger partial charge in [-0.3, -0.25) is 4.79 Å². The third kappa shape index (κ3) is 4.28. The minimum atomic E-state index is -0.737. The zero-order chi connectivity index (χ0) is 13.7. The second kappa shape index (κ2) is 6.61. The van der Waals surface area contributed by atoms with E-state index in [0.717, 1.165) is 38.1 Å². The van der Waals surface area contributed by atoms with Gasteiger partial charge < -0.3 is 10.2 Å². The molecule has 2 N–H and O–H groups in total. The summed E-state index contributed by atoms with van der Waals surface area (Å²) >= 11 is 0. The number of quaternary nitrogens is 1. The number of amides is 1. The second-order valence-electron chi connectivity index (χ2n) is 5.01. The van der Waals surface area contributed by atoms with Gasteiger partial charge in [-0.1, -0.05) is 0 Å². The van der Waals surface area contributed by atoms with E-state index in [1.54, 1.807) is 0 Å². The summed E-state index contributed by atoms with van der Waals surface area (Å²) in [5.41, 5.74) is 0.0422. The lowest BCUT2D eigenvalue weighted by atomic mass is 10.2. The maximum atomic E-state index is 13.4. The Labute approximate surface area is 111 Å². The number of benzene rings is 1. The average Bonchev–Trinajstić information content (AvgIpc) is 2.61. The Balaban J connectivity index is 1.89. The highest BCUT2D eigenvalue weighted by molar-refractivity contribution is 5.91. The SMILES string of the molecule is O=C(C[NH+]1CCCCCC1)Nc1ccc(F)cc1F. The average molecular weight is 269 g/mol. The van der Waals surface area contributed by atoms with Gasteiger partial charge >= 0.3 is 0 Å². The minimum absolute atomic E-state index is 0.0422. The number of carbonyl (C=O) groups excluding carboxylic acids is 1. The number of rotatable bonds is 3. The number of likely N-dealkylation sites (tertiary alicyclic amines) is 1. The first-order valence-electron chi connectivity index (χ1n) is 6.73. The van der Waals surface area contributed by atoms with Crippen LogP contribution in [-0.2, 0) is 4.79 Å². The molecule has 0 atom stereocenters. The summed E-state index contributed by atoms with van der Waals surface area (Å²) in [6.07, 6.45) is 4.70. The Hall–Kier alpha value is -1.49. The van der Waals surface area contributed by atoms with Crippen LogP contribution in [0.25, 0.3) is 0 Å². The minimum Gasteiger partial charge on any atom is -0.327 e. The summed E-state index contributed by atoms with van der Waals surface area (Å²) in [4.78, 5) is 13.1. The zero-order valence-corrected chi connectivity index (χ0v) is 10.8. The third-order valence-corrected chi connectivity index (χ3v) is 3.43. The van der Waals surface area contributed by atoms with Crippen LogP contribution in [0, 0.1) is 11.6 Å². The van der Waals surface area contributed by atoms with Gasteiger partial charge in [0.1, 0.15) is 11.6 Å². The zero-order valence-electron chi connectivity index (χ0n) is 10.8. The summed E-state index contributed by atoms with van der Waals surface area (Å²) in [5, 5.41) is 2.50. The second-order valence-corrected chi connectivity index (χ2v) is 5.01. The van der Waals surface area contributed by atoms with Crippen LogP contribution >= 0.6 is 0 Å². The van der Waals surface area contributed by atoms with Gasteiger partial charge in [-0.25, -0.2) is 8.78 Å². The first-order valence-corrected chi connectivity index (χ1v) is 6.73. The number of hydrogen-bond donors (Lipinski definition) is 2. The number of nitrogens with one attached hydrogen (secondary N) is 2. The lowest BCUT2D eigenvalue weighted by molar-refractivity contribution is -0.890. The highest BCUT2D eigenvalue weighted by atomic mass is 19.1. The molecule has 104 valence electrons. The van der Waals surface area contributed by atoms with Crippen LogP contribution in [0.1, 0.15) is 25.7 Å². The molecular formula is C14H19F2N2O+. The van der Waals surface area contributed by atoms with Gasteiger partial charge in [0, 0.05) is 6.07 Å². The fourth-order valence-electron chi connectivity index (χ4n) is 2.42. The summed E-state index contributed by atoms with van der Waals surface area (Å²) in [6.45, 7) is 2.31. The lowest BCUT2D eigenvalue weighted by Gasteiger charge is -2.16. The van der Waals surface area contributed by atoms with Gasteiger partial charge in [0.2, 0.25) is 0 Å². The monoisotopic (exact) mass is 269 g/mol. The predicted molar refractivity (Wildman–Crippen MR) is 69.0 cm³/mol. The fraction of sp³-hybridized carbons (Fsp3) is 0.500. The smallest absolute Gasteiger partial charge is 0.279 e. The molecule has 0 spiro atoms. The molecule has 0 radical (unpaired) electrons. The molecule has 1 amide bonds. The van der Waals surface area contributed by atoms with Crippen molar-refractivity contribution in [3.63, 3.8) is 0 Å². The van der Waals surface area contributed by atoms with Gasteiger partial charge in [0.25, 0.3) is 5.91 Å². The molecule has 0 saturated carbocycles. The Kier molecular flexibility index (Phi) is 4.85. The van der Waals surface area contributed by atoms with Gasteiger partial charge in [0.15, 0.2) is 6.54 Å². The van der Waals surface area contributed by atoms with Crippen molar-refractivity contribution in [2.75, 3.05) is 25.0 Å². The number of carbonyl (C=O) groups is 1. The maximum absolute atomic E-state index is 13.4. The molecule has 0 unspecified atom stereocenters. The van der Waals surface area contributed by atoms with Crippen LogP contribution in [0.4, 0.5) is 14.5 Å². The van der Waals surface area contributed by atoms with Crippen molar-refractivity contribution in [3.8, 4) is 0 Å². The molecule has 5 heteroatoms. The van der Waals surface area contributed by atoms with Crippen molar-refractivity contribution in [1.29, 1.82) is 0 Å². The van der Waals surface area contributed by atoms with Crippen molar-refractivity contribution in [2.45, 2.75) is 25.7 Å². The van der Waals surface area contributed by atoms with Crippen molar-refractivity contribution in [2.24, 2.45) is 0 Å². The maximum Gasteiger partial charge on any atom is 0.279 e. The fourth-order valence-corrected chi connectivity index (χ4v) is 2.42. The Morgan fingerprint density at radius 1 is 1.16 bits per heavy atom. The standard InChI is InChI=1S/C14H18F2N2O/c15-11-5-6-13(12(16)9-11)17-14(19)10-18-7-3-1-2-4-8-18/h5-6,9H,1-4,7-8,10H2,(H,17,19)/p+1. The van der Waals surface area contributed by atoms with E-state index in [0.29, 0.717) is 6.54 Å². The molecule has 1 heterocycles. The van der Waals surface area contributed by atoms with E-state index in [4.69, 9.17) is 0 Å². The first kappa shape index (κ1) is 13.9. The lowest BCUT2D eigenvalue weighted by Crippen LogP contribution is -3.12. The molecule has 1 aliphatic heterocycles. The molecule has 1 saturated heterocycles. The Morgan fingerprint density at radius 3 is 2.47 bits per heavy atom. The van der Waals surface area contributed by atoms with Crippen molar-refractivity contribution >= 4 is 11.6 Å². The van der Waals surface area contributed by atoms with Crippen LogP contribution in [0.3, 0.4) is 0 Å². The van der Waals surface area contributed by atoms with E-state index < -0.39 is 11.6 Å². The molecular weight excluding hydrogens is 250 g/mol. The van der Waals surface area contributed by atoms with Crippen molar-refractivity contribution in [3.05, 3.63) is 29.8 Å². The van der Waals surface area contributed by atoms with E-state index in [1.165, 1.54) is 23.8 Å². The molecule has 0 aromatic heterocycles. The molecule has 3 nitrogen and oxygen atoms in total. The molecule has 1 aromatic rings. The van der Waals surface area contributed by atoms with Crippen LogP contribution in [0.2, 0.25) is 0 Å². The molecule has 1 aromatic carbocycles.